The first-order valence-electron chi connectivity index (χ1n) is 5.20. The molecule has 0 saturated heterocycles. The van der Waals surface area contributed by atoms with E-state index in [1.54, 1.807) is 0 Å². The van der Waals surface area contributed by atoms with Gasteiger partial charge in [-0.15, -0.1) is 0 Å². The highest BCUT2D eigenvalue weighted by molar-refractivity contribution is 9.10. The number of aliphatic hydroxyl groups is 2. The van der Waals surface area contributed by atoms with Gasteiger partial charge < -0.3 is 10.2 Å². The molecule has 16 heavy (non-hydrogen) atoms. The van der Waals surface area contributed by atoms with Crippen LogP contribution < -0.4 is 0 Å². The second-order valence-corrected chi connectivity index (χ2v) is 4.51. The SMILES string of the molecule is OCC[C@H](O)c1ccc2ccccc2c1Br. The van der Waals surface area contributed by atoms with Crippen molar-refractivity contribution in [3.05, 3.63) is 46.4 Å². The summed E-state index contributed by atoms with van der Waals surface area (Å²) in [6.45, 7) is -0.0135. The van der Waals surface area contributed by atoms with Crippen LogP contribution in [-0.4, -0.2) is 16.8 Å². The van der Waals surface area contributed by atoms with Crippen LogP contribution in [0.15, 0.2) is 40.9 Å². The molecule has 0 radical (unpaired) electrons. The van der Waals surface area contributed by atoms with Gasteiger partial charge in [-0.1, -0.05) is 36.4 Å². The molecule has 2 N–H and O–H groups in total. The van der Waals surface area contributed by atoms with E-state index in [9.17, 15) is 5.11 Å². The minimum atomic E-state index is -0.621. The largest absolute Gasteiger partial charge is 0.396 e. The Balaban J connectivity index is 2.52. The lowest BCUT2D eigenvalue weighted by Gasteiger charge is -2.13. The standard InChI is InChI=1S/C13H13BrO2/c14-13-10-4-2-1-3-9(10)5-6-11(13)12(16)7-8-15/h1-6,12,15-16H,7-8H2/t12-/m0/s1. The third kappa shape index (κ3) is 2.12. The molecule has 0 aliphatic heterocycles. The number of hydrogen-bond donors (Lipinski definition) is 2. The predicted octanol–water partition coefficient (Wildman–Crippen LogP) is 3.02. The van der Waals surface area contributed by atoms with Crippen LogP contribution in [0.2, 0.25) is 0 Å². The molecular weight excluding hydrogens is 268 g/mol. The van der Waals surface area contributed by atoms with E-state index < -0.39 is 6.10 Å². The van der Waals surface area contributed by atoms with Gasteiger partial charge in [-0.25, -0.2) is 0 Å². The average molecular weight is 281 g/mol. The number of hydrogen-bond acceptors (Lipinski definition) is 2. The lowest BCUT2D eigenvalue weighted by atomic mass is 10.0. The predicted molar refractivity (Wildman–Crippen MR) is 68.3 cm³/mol. The van der Waals surface area contributed by atoms with E-state index in [1.807, 2.05) is 36.4 Å². The van der Waals surface area contributed by atoms with Gasteiger partial charge in [0.25, 0.3) is 0 Å². The number of aliphatic hydroxyl groups excluding tert-OH is 2. The first kappa shape index (κ1) is 11.6. The van der Waals surface area contributed by atoms with Gasteiger partial charge in [0.15, 0.2) is 0 Å². The number of benzene rings is 2. The van der Waals surface area contributed by atoms with E-state index in [1.165, 1.54) is 0 Å². The molecule has 2 nitrogen and oxygen atoms in total. The fourth-order valence-electron chi connectivity index (χ4n) is 1.79. The van der Waals surface area contributed by atoms with Crippen LogP contribution >= 0.6 is 15.9 Å². The van der Waals surface area contributed by atoms with Gasteiger partial charge in [0.2, 0.25) is 0 Å². The number of halogens is 1. The Morgan fingerprint density at radius 1 is 1.12 bits per heavy atom. The lowest BCUT2D eigenvalue weighted by molar-refractivity contribution is 0.134. The Labute approximate surface area is 103 Å². The van der Waals surface area contributed by atoms with E-state index in [4.69, 9.17) is 5.11 Å². The van der Waals surface area contributed by atoms with Crippen molar-refractivity contribution in [2.45, 2.75) is 12.5 Å². The Kier molecular flexibility index (Phi) is 3.59. The summed E-state index contributed by atoms with van der Waals surface area (Å²) in [5.74, 6) is 0. The van der Waals surface area contributed by atoms with Gasteiger partial charge in [0, 0.05) is 17.5 Å². The molecule has 2 rings (SSSR count). The summed E-state index contributed by atoms with van der Waals surface area (Å²) in [4.78, 5) is 0. The Morgan fingerprint density at radius 2 is 1.88 bits per heavy atom. The van der Waals surface area contributed by atoms with E-state index in [-0.39, 0.29) is 6.61 Å². The molecule has 0 saturated carbocycles. The fourth-order valence-corrected chi connectivity index (χ4v) is 2.54. The highest BCUT2D eigenvalue weighted by atomic mass is 79.9. The maximum Gasteiger partial charge on any atom is 0.0823 e. The van der Waals surface area contributed by atoms with Crippen molar-refractivity contribution < 1.29 is 10.2 Å². The molecule has 84 valence electrons. The third-order valence-electron chi connectivity index (χ3n) is 2.65. The van der Waals surface area contributed by atoms with Crippen LogP contribution in [0.25, 0.3) is 10.8 Å². The molecule has 1 atom stereocenters. The normalized spacial score (nSPS) is 12.9. The van der Waals surface area contributed by atoms with Crippen LogP contribution in [0.5, 0.6) is 0 Å². The van der Waals surface area contributed by atoms with Crippen LogP contribution in [0.3, 0.4) is 0 Å². The van der Waals surface area contributed by atoms with Gasteiger partial charge in [-0.3, -0.25) is 0 Å². The molecule has 0 spiro atoms. The number of fused-ring (bicyclic) bond motifs is 1. The second kappa shape index (κ2) is 4.95. The highest BCUT2D eigenvalue weighted by Gasteiger charge is 2.12. The first-order chi connectivity index (χ1) is 7.74. The Bertz CT molecular complexity index is 496. The van der Waals surface area contributed by atoms with Gasteiger partial charge in [0.1, 0.15) is 0 Å². The monoisotopic (exact) mass is 280 g/mol. The molecule has 0 aliphatic rings. The van der Waals surface area contributed by atoms with Crippen molar-refractivity contribution in [2.75, 3.05) is 6.61 Å². The molecule has 0 aliphatic carbocycles. The summed E-state index contributed by atoms with van der Waals surface area (Å²) in [6, 6.07) is 11.9. The van der Waals surface area contributed by atoms with Gasteiger partial charge >= 0.3 is 0 Å². The quantitative estimate of drug-likeness (QED) is 0.908. The van der Waals surface area contributed by atoms with Gasteiger partial charge in [-0.2, -0.15) is 0 Å². The molecule has 0 aromatic heterocycles. The van der Waals surface area contributed by atoms with Gasteiger partial charge in [-0.05, 0) is 32.3 Å². The summed E-state index contributed by atoms with van der Waals surface area (Å²) < 4.78 is 0.909. The Morgan fingerprint density at radius 3 is 2.62 bits per heavy atom. The molecule has 2 aromatic rings. The van der Waals surface area contributed by atoms with Crippen molar-refractivity contribution in [3.8, 4) is 0 Å². The second-order valence-electron chi connectivity index (χ2n) is 3.72. The van der Waals surface area contributed by atoms with Crippen LogP contribution in [0, 0.1) is 0 Å². The van der Waals surface area contributed by atoms with E-state index in [0.29, 0.717) is 6.42 Å². The molecule has 3 heteroatoms. The van der Waals surface area contributed by atoms with E-state index in [2.05, 4.69) is 15.9 Å². The molecule has 2 aromatic carbocycles. The number of rotatable bonds is 3. The summed E-state index contributed by atoms with van der Waals surface area (Å²) in [7, 11) is 0. The van der Waals surface area contributed by atoms with E-state index in [0.717, 1.165) is 20.8 Å². The van der Waals surface area contributed by atoms with Crippen molar-refractivity contribution in [1.82, 2.24) is 0 Å². The van der Waals surface area contributed by atoms with E-state index >= 15 is 0 Å². The van der Waals surface area contributed by atoms with Crippen molar-refractivity contribution in [3.63, 3.8) is 0 Å². The minimum absolute atomic E-state index is 0.0135. The lowest BCUT2D eigenvalue weighted by Crippen LogP contribution is -2.01. The van der Waals surface area contributed by atoms with Crippen LogP contribution in [-0.2, 0) is 0 Å². The minimum Gasteiger partial charge on any atom is -0.396 e. The van der Waals surface area contributed by atoms with Crippen LogP contribution in [0.1, 0.15) is 18.1 Å². The molecular formula is C13H13BrO2. The average Bonchev–Trinajstić information content (AvgIpc) is 2.30. The van der Waals surface area contributed by atoms with Crippen molar-refractivity contribution in [1.29, 1.82) is 0 Å². The summed E-state index contributed by atoms with van der Waals surface area (Å²) in [5.41, 5.74) is 0.827. The molecule has 0 bridgehead atoms. The van der Waals surface area contributed by atoms with Crippen molar-refractivity contribution in [2.24, 2.45) is 0 Å². The summed E-state index contributed by atoms with van der Waals surface area (Å²) >= 11 is 3.51. The molecule has 0 fully saturated rings. The zero-order chi connectivity index (χ0) is 11.5. The maximum atomic E-state index is 9.87. The van der Waals surface area contributed by atoms with Gasteiger partial charge in [0.05, 0.1) is 6.10 Å². The maximum absolute atomic E-state index is 9.87. The van der Waals surface area contributed by atoms with Crippen molar-refractivity contribution >= 4 is 26.7 Å². The molecule has 0 heterocycles. The fraction of sp³-hybridized carbons (Fsp3) is 0.231. The summed E-state index contributed by atoms with van der Waals surface area (Å²) in [6.07, 6.45) is -0.263. The first-order valence-corrected chi connectivity index (χ1v) is 5.99. The third-order valence-corrected chi connectivity index (χ3v) is 3.54. The topological polar surface area (TPSA) is 40.5 Å². The Hall–Kier alpha value is -0.900. The zero-order valence-corrected chi connectivity index (χ0v) is 10.3. The summed E-state index contributed by atoms with van der Waals surface area (Å²) in [5, 5.41) is 20.9. The molecule has 0 unspecified atom stereocenters. The highest BCUT2D eigenvalue weighted by Crippen LogP contribution is 2.32. The van der Waals surface area contributed by atoms with Crippen LogP contribution in [0.4, 0.5) is 0 Å². The smallest absolute Gasteiger partial charge is 0.0823 e. The zero-order valence-electron chi connectivity index (χ0n) is 8.73. The molecule has 0 amide bonds.